The third-order valence-corrected chi connectivity index (χ3v) is 2.36. The van der Waals surface area contributed by atoms with E-state index in [4.69, 9.17) is 5.11 Å². The first-order chi connectivity index (χ1) is 8.54. The van der Waals surface area contributed by atoms with E-state index in [1.54, 1.807) is 0 Å². The first-order valence-electron chi connectivity index (χ1n) is 5.64. The normalized spacial score (nSPS) is 11.8. The fourth-order valence-electron chi connectivity index (χ4n) is 1.37. The number of carboxylic acid groups (broad SMARTS) is 1. The summed E-state index contributed by atoms with van der Waals surface area (Å²) >= 11 is 0. The first-order valence-corrected chi connectivity index (χ1v) is 5.64. The number of amides is 1. The van der Waals surface area contributed by atoms with Crippen LogP contribution >= 0.6 is 0 Å². The van der Waals surface area contributed by atoms with Gasteiger partial charge in [0.25, 0.3) is 11.5 Å². The summed E-state index contributed by atoms with van der Waals surface area (Å²) in [6, 6.07) is 1.46. The number of hydrogen-bond acceptors (Lipinski definition) is 4. The van der Waals surface area contributed by atoms with Gasteiger partial charge in [-0.05, 0) is 12.5 Å². The molecule has 0 bridgehead atoms. The molecule has 1 heterocycles. The minimum Gasteiger partial charge on any atom is -0.480 e. The maximum Gasteiger partial charge on any atom is 0.326 e. The molecule has 0 unspecified atom stereocenters. The van der Waals surface area contributed by atoms with Crippen LogP contribution in [0.25, 0.3) is 0 Å². The van der Waals surface area contributed by atoms with Crippen molar-refractivity contribution in [3.8, 4) is 0 Å². The summed E-state index contributed by atoms with van der Waals surface area (Å²) in [6.07, 6.45) is 1.91. The van der Waals surface area contributed by atoms with Crippen molar-refractivity contribution in [2.24, 2.45) is 0 Å². The molecule has 0 aliphatic carbocycles. The second-order valence-electron chi connectivity index (χ2n) is 3.81. The van der Waals surface area contributed by atoms with Gasteiger partial charge in [0.05, 0.1) is 0 Å². The van der Waals surface area contributed by atoms with Crippen LogP contribution in [0.4, 0.5) is 0 Å². The van der Waals surface area contributed by atoms with Crippen molar-refractivity contribution in [1.29, 1.82) is 0 Å². The fourth-order valence-corrected chi connectivity index (χ4v) is 1.37. The molecule has 0 aliphatic heterocycles. The summed E-state index contributed by atoms with van der Waals surface area (Å²) in [5.41, 5.74) is -0.440. The monoisotopic (exact) mass is 253 g/mol. The van der Waals surface area contributed by atoms with E-state index < -0.39 is 23.5 Å². The van der Waals surface area contributed by atoms with Crippen molar-refractivity contribution >= 4 is 11.9 Å². The van der Waals surface area contributed by atoms with E-state index in [1.807, 2.05) is 6.92 Å². The average molecular weight is 253 g/mol. The highest BCUT2D eigenvalue weighted by Crippen LogP contribution is 2.02. The summed E-state index contributed by atoms with van der Waals surface area (Å²) in [7, 11) is 0. The van der Waals surface area contributed by atoms with Crippen LogP contribution in [0.3, 0.4) is 0 Å². The van der Waals surface area contributed by atoms with Gasteiger partial charge < -0.3 is 10.4 Å². The average Bonchev–Trinajstić information content (AvgIpc) is 2.34. The molecule has 0 saturated heterocycles. The summed E-state index contributed by atoms with van der Waals surface area (Å²) in [5, 5.41) is 17.0. The van der Waals surface area contributed by atoms with Crippen molar-refractivity contribution in [2.45, 2.75) is 32.2 Å². The van der Waals surface area contributed by atoms with E-state index in [0.717, 1.165) is 12.5 Å². The third-order valence-electron chi connectivity index (χ3n) is 2.36. The number of carbonyl (C=O) groups is 2. The van der Waals surface area contributed by atoms with E-state index >= 15 is 0 Å². The van der Waals surface area contributed by atoms with Crippen molar-refractivity contribution in [3.63, 3.8) is 0 Å². The Hall–Kier alpha value is -2.18. The molecule has 18 heavy (non-hydrogen) atoms. The highest BCUT2D eigenvalue weighted by atomic mass is 16.4. The van der Waals surface area contributed by atoms with Crippen molar-refractivity contribution in [2.75, 3.05) is 0 Å². The van der Waals surface area contributed by atoms with E-state index in [0.29, 0.717) is 12.8 Å². The highest BCUT2D eigenvalue weighted by molar-refractivity contribution is 5.94. The predicted molar refractivity (Wildman–Crippen MR) is 63.3 cm³/mol. The second-order valence-corrected chi connectivity index (χ2v) is 3.81. The van der Waals surface area contributed by atoms with Crippen LogP contribution in [0.15, 0.2) is 16.9 Å². The number of carbonyl (C=O) groups excluding carboxylic acids is 1. The molecule has 0 aromatic carbocycles. The summed E-state index contributed by atoms with van der Waals surface area (Å²) in [5.74, 6) is -1.70. The topological polar surface area (TPSA) is 112 Å². The van der Waals surface area contributed by atoms with Gasteiger partial charge in [-0.2, -0.15) is 5.10 Å². The number of nitrogens with one attached hydrogen (secondary N) is 2. The van der Waals surface area contributed by atoms with Gasteiger partial charge in [0, 0.05) is 6.07 Å². The number of carboxylic acids is 1. The second kappa shape index (κ2) is 6.53. The van der Waals surface area contributed by atoms with Crippen LogP contribution in [0.5, 0.6) is 0 Å². The zero-order chi connectivity index (χ0) is 13.5. The summed E-state index contributed by atoms with van der Waals surface area (Å²) in [4.78, 5) is 33.4. The quantitative estimate of drug-likeness (QED) is 0.667. The molecule has 7 nitrogen and oxygen atoms in total. The highest BCUT2D eigenvalue weighted by Gasteiger charge is 2.20. The molecule has 1 atom stereocenters. The Morgan fingerprint density at radius 1 is 1.50 bits per heavy atom. The lowest BCUT2D eigenvalue weighted by Gasteiger charge is -2.13. The molecular weight excluding hydrogens is 238 g/mol. The molecule has 7 heteroatoms. The number of H-pyrrole nitrogens is 1. The van der Waals surface area contributed by atoms with Crippen LogP contribution in [0.2, 0.25) is 0 Å². The molecular formula is C11H15N3O4. The van der Waals surface area contributed by atoms with Gasteiger partial charge in [0.1, 0.15) is 11.7 Å². The lowest BCUT2D eigenvalue weighted by Crippen LogP contribution is -2.41. The van der Waals surface area contributed by atoms with Crippen molar-refractivity contribution in [1.82, 2.24) is 15.5 Å². The summed E-state index contributed by atoms with van der Waals surface area (Å²) < 4.78 is 0. The van der Waals surface area contributed by atoms with Gasteiger partial charge in [-0.1, -0.05) is 19.8 Å². The standard InChI is InChI=1S/C11H15N3O4/c1-2-3-4-8(11(17)18)12-10(16)7-5-6-9(15)14-13-7/h5-6,8H,2-4H2,1H3,(H,12,16)(H,14,15)(H,17,18)/t8-/m0/s1. The van der Waals surface area contributed by atoms with Gasteiger partial charge in [-0.25, -0.2) is 9.89 Å². The Labute approximate surface area is 103 Å². The molecule has 0 fully saturated rings. The Balaban J connectivity index is 2.68. The number of aromatic nitrogens is 2. The largest absolute Gasteiger partial charge is 0.480 e. The third kappa shape index (κ3) is 4.00. The minimum atomic E-state index is -1.08. The van der Waals surface area contributed by atoms with E-state index in [9.17, 15) is 14.4 Å². The molecule has 0 aliphatic rings. The SMILES string of the molecule is CCCC[C@H](NC(=O)c1ccc(=O)[nH]n1)C(=O)O. The molecule has 0 radical (unpaired) electrons. The predicted octanol–water partition coefficient (Wildman–Crippen LogP) is 0.143. The van der Waals surface area contributed by atoms with Gasteiger partial charge in [0.15, 0.2) is 0 Å². The Morgan fingerprint density at radius 2 is 2.22 bits per heavy atom. The number of aromatic amines is 1. The van der Waals surface area contributed by atoms with E-state index in [-0.39, 0.29) is 5.69 Å². The summed E-state index contributed by atoms with van der Waals surface area (Å²) in [6.45, 7) is 1.93. The molecule has 0 spiro atoms. The van der Waals surface area contributed by atoms with E-state index in [2.05, 4.69) is 15.5 Å². The van der Waals surface area contributed by atoms with Crippen LogP contribution in [0, 0.1) is 0 Å². The maximum absolute atomic E-state index is 11.7. The van der Waals surface area contributed by atoms with Gasteiger partial charge in [0.2, 0.25) is 0 Å². The van der Waals surface area contributed by atoms with Crippen LogP contribution in [0.1, 0.15) is 36.7 Å². The van der Waals surface area contributed by atoms with Crippen LogP contribution < -0.4 is 10.9 Å². The van der Waals surface area contributed by atoms with Crippen molar-refractivity contribution in [3.05, 3.63) is 28.2 Å². The van der Waals surface area contributed by atoms with Crippen LogP contribution in [-0.2, 0) is 4.79 Å². The van der Waals surface area contributed by atoms with Crippen LogP contribution in [-0.4, -0.2) is 33.2 Å². The zero-order valence-corrected chi connectivity index (χ0v) is 9.97. The number of unbranched alkanes of at least 4 members (excludes halogenated alkanes) is 1. The molecule has 3 N–H and O–H groups in total. The minimum absolute atomic E-state index is 0.0163. The Bertz CT molecular complexity index is 463. The Morgan fingerprint density at radius 3 is 2.72 bits per heavy atom. The molecule has 1 aromatic heterocycles. The van der Waals surface area contributed by atoms with E-state index in [1.165, 1.54) is 6.07 Å². The van der Waals surface area contributed by atoms with Gasteiger partial charge in [-0.3, -0.25) is 9.59 Å². The van der Waals surface area contributed by atoms with Gasteiger partial charge in [-0.15, -0.1) is 0 Å². The molecule has 1 rings (SSSR count). The maximum atomic E-state index is 11.7. The number of nitrogens with zero attached hydrogens (tertiary/aromatic N) is 1. The zero-order valence-electron chi connectivity index (χ0n) is 9.97. The number of hydrogen-bond donors (Lipinski definition) is 3. The molecule has 1 amide bonds. The number of rotatable bonds is 6. The Kier molecular flexibility index (Phi) is 5.04. The lowest BCUT2D eigenvalue weighted by molar-refractivity contribution is -0.139. The molecule has 1 aromatic rings. The lowest BCUT2D eigenvalue weighted by atomic mass is 10.1. The van der Waals surface area contributed by atoms with Gasteiger partial charge >= 0.3 is 5.97 Å². The molecule has 98 valence electrons. The first kappa shape index (κ1) is 13.9. The van der Waals surface area contributed by atoms with Crippen molar-refractivity contribution < 1.29 is 14.7 Å². The fraction of sp³-hybridized carbons (Fsp3) is 0.455. The number of aliphatic carboxylic acids is 1. The smallest absolute Gasteiger partial charge is 0.326 e. The molecule has 0 saturated carbocycles.